The van der Waals surface area contributed by atoms with Crippen molar-refractivity contribution in [1.29, 1.82) is 0 Å². The van der Waals surface area contributed by atoms with E-state index in [0.29, 0.717) is 24.5 Å². The lowest BCUT2D eigenvalue weighted by Crippen LogP contribution is -2.51. The Morgan fingerprint density at radius 2 is 1.67 bits per heavy atom. The van der Waals surface area contributed by atoms with E-state index in [2.05, 4.69) is 10.6 Å². The number of nitrogens with zero attached hydrogens (tertiary/aromatic N) is 1. The molecular weight excluding hydrogens is 454 g/mol. The summed E-state index contributed by atoms with van der Waals surface area (Å²) in [6.45, 7) is 6.16. The molecular formula is C29H33N3O4. The molecule has 0 saturated heterocycles. The normalized spacial score (nSPS) is 15.5. The van der Waals surface area contributed by atoms with Crippen LogP contribution >= 0.6 is 0 Å². The number of anilines is 1. The van der Waals surface area contributed by atoms with Crippen molar-refractivity contribution >= 4 is 17.6 Å². The van der Waals surface area contributed by atoms with Crippen LogP contribution in [-0.2, 0) is 11.2 Å². The molecule has 0 spiro atoms. The molecule has 7 heteroatoms. The van der Waals surface area contributed by atoms with Gasteiger partial charge in [0.2, 0.25) is 5.91 Å². The van der Waals surface area contributed by atoms with Crippen LogP contribution in [0.4, 0.5) is 10.5 Å². The van der Waals surface area contributed by atoms with Crippen LogP contribution in [0, 0.1) is 13.8 Å². The molecule has 1 aliphatic rings. The predicted octanol–water partition coefficient (Wildman–Crippen LogP) is 5.00. The molecule has 0 bridgehead atoms. The Kier molecular flexibility index (Phi) is 7.48. The van der Waals surface area contributed by atoms with Crippen LogP contribution in [0.25, 0.3) is 0 Å². The van der Waals surface area contributed by atoms with Crippen LogP contribution in [-0.4, -0.2) is 43.6 Å². The summed E-state index contributed by atoms with van der Waals surface area (Å²) in [6.07, 6.45) is 0.662. The molecule has 0 aromatic heterocycles. The maximum atomic E-state index is 13.5. The molecule has 3 amide bonds. The van der Waals surface area contributed by atoms with Crippen LogP contribution in [0.3, 0.4) is 0 Å². The molecule has 1 heterocycles. The van der Waals surface area contributed by atoms with Crippen molar-refractivity contribution in [2.75, 3.05) is 26.1 Å². The lowest BCUT2D eigenvalue weighted by Gasteiger charge is -2.38. The third kappa shape index (κ3) is 5.00. The van der Waals surface area contributed by atoms with E-state index in [0.717, 1.165) is 33.5 Å². The van der Waals surface area contributed by atoms with Gasteiger partial charge in [-0.3, -0.25) is 4.79 Å². The van der Waals surface area contributed by atoms with Crippen molar-refractivity contribution in [3.8, 4) is 11.5 Å². The number of carbonyl (C=O) groups is 2. The van der Waals surface area contributed by atoms with Crippen LogP contribution in [0.2, 0.25) is 0 Å². The first-order valence-electron chi connectivity index (χ1n) is 12.1. The van der Waals surface area contributed by atoms with E-state index in [-0.39, 0.29) is 18.0 Å². The molecule has 0 fully saturated rings. The highest BCUT2D eigenvalue weighted by atomic mass is 16.5. The molecule has 1 aliphatic heterocycles. The zero-order valence-electron chi connectivity index (χ0n) is 21.4. The number of hydrogen-bond donors (Lipinski definition) is 2. The summed E-state index contributed by atoms with van der Waals surface area (Å²) in [7, 11) is 3.22. The third-order valence-electron chi connectivity index (χ3n) is 6.85. The van der Waals surface area contributed by atoms with Crippen molar-refractivity contribution in [1.82, 2.24) is 10.2 Å². The quantitative estimate of drug-likeness (QED) is 0.513. The second kappa shape index (κ2) is 10.7. The largest absolute Gasteiger partial charge is 0.493 e. The van der Waals surface area contributed by atoms with E-state index in [1.165, 1.54) is 0 Å². The molecule has 4 rings (SSSR count). The first kappa shape index (κ1) is 25.1. The van der Waals surface area contributed by atoms with Crippen molar-refractivity contribution in [3.05, 3.63) is 88.5 Å². The highest BCUT2D eigenvalue weighted by molar-refractivity contribution is 5.97. The third-order valence-corrected chi connectivity index (χ3v) is 6.85. The molecule has 188 valence electrons. The standard InChI is InChI=1S/C29H33N3O4/c1-18-10-9-13-24(19(18)2)31-28(33)20(3)30-29(34)32-15-14-22-16-25(35-4)26(36-5)17-23(22)27(32)21-11-7-6-8-12-21/h6-13,16-17,20,27H,14-15H2,1-5H3,(H,30,34)(H,31,33). The summed E-state index contributed by atoms with van der Waals surface area (Å²) in [4.78, 5) is 28.2. The molecule has 3 aromatic rings. The van der Waals surface area contributed by atoms with Crippen LogP contribution in [0.15, 0.2) is 60.7 Å². The summed E-state index contributed by atoms with van der Waals surface area (Å²) in [5.41, 5.74) is 5.91. The van der Waals surface area contributed by atoms with Gasteiger partial charge in [-0.2, -0.15) is 0 Å². The molecule has 0 aliphatic carbocycles. The number of carbonyl (C=O) groups excluding carboxylic acids is 2. The number of hydrogen-bond acceptors (Lipinski definition) is 4. The summed E-state index contributed by atoms with van der Waals surface area (Å²) >= 11 is 0. The van der Waals surface area contributed by atoms with Gasteiger partial charge in [-0.15, -0.1) is 0 Å². The van der Waals surface area contributed by atoms with E-state index in [1.54, 1.807) is 26.0 Å². The molecule has 2 unspecified atom stereocenters. The van der Waals surface area contributed by atoms with E-state index in [4.69, 9.17) is 9.47 Å². The number of methoxy groups -OCH3 is 2. The van der Waals surface area contributed by atoms with Crippen molar-refractivity contribution in [3.63, 3.8) is 0 Å². The molecule has 0 radical (unpaired) electrons. The molecule has 2 N–H and O–H groups in total. The highest BCUT2D eigenvalue weighted by Gasteiger charge is 2.34. The number of aryl methyl sites for hydroxylation is 1. The second-order valence-electron chi connectivity index (χ2n) is 9.07. The smallest absolute Gasteiger partial charge is 0.318 e. The minimum Gasteiger partial charge on any atom is -0.493 e. The van der Waals surface area contributed by atoms with Gasteiger partial charge in [0.05, 0.1) is 20.3 Å². The van der Waals surface area contributed by atoms with E-state index >= 15 is 0 Å². The Bertz CT molecular complexity index is 1260. The van der Waals surface area contributed by atoms with Crippen molar-refractivity contribution in [2.45, 2.75) is 39.3 Å². The van der Waals surface area contributed by atoms with Crippen LogP contribution in [0.1, 0.15) is 40.8 Å². The van der Waals surface area contributed by atoms with Gasteiger partial charge in [-0.25, -0.2) is 4.79 Å². The lowest BCUT2D eigenvalue weighted by atomic mass is 9.88. The maximum absolute atomic E-state index is 13.5. The minimum absolute atomic E-state index is 0.267. The van der Waals surface area contributed by atoms with Gasteiger partial charge in [0.15, 0.2) is 11.5 Å². The molecule has 36 heavy (non-hydrogen) atoms. The predicted molar refractivity (Wildman–Crippen MR) is 141 cm³/mol. The fraction of sp³-hybridized carbons (Fsp3) is 0.310. The Hall–Kier alpha value is -4.00. The summed E-state index contributed by atoms with van der Waals surface area (Å²) < 4.78 is 11.1. The van der Waals surface area contributed by atoms with E-state index < -0.39 is 6.04 Å². The fourth-order valence-corrected chi connectivity index (χ4v) is 4.62. The van der Waals surface area contributed by atoms with E-state index in [1.807, 2.05) is 74.5 Å². The average molecular weight is 488 g/mol. The Morgan fingerprint density at radius 3 is 2.36 bits per heavy atom. The average Bonchev–Trinajstić information content (AvgIpc) is 2.90. The van der Waals surface area contributed by atoms with E-state index in [9.17, 15) is 9.59 Å². The zero-order valence-corrected chi connectivity index (χ0v) is 21.4. The van der Waals surface area contributed by atoms with Gasteiger partial charge in [0, 0.05) is 12.2 Å². The van der Waals surface area contributed by atoms with Gasteiger partial charge < -0.3 is 25.0 Å². The second-order valence-corrected chi connectivity index (χ2v) is 9.07. The maximum Gasteiger partial charge on any atom is 0.318 e. The van der Waals surface area contributed by atoms with Gasteiger partial charge in [0.25, 0.3) is 0 Å². The number of fused-ring (bicyclic) bond motifs is 1. The van der Waals surface area contributed by atoms with Crippen LogP contribution in [0.5, 0.6) is 11.5 Å². The van der Waals surface area contributed by atoms with Gasteiger partial charge >= 0.3 is 6.03 Å². The fourth-order valence-electron chi connectivity index (χ4n) is 4.62. The number of nitrogens with one attached hydrogen (secondary N) is 2. The zero-order chi connectivity index (χ0) is 25.8. The number of amides is 3. The summed E-state index contributed by atoms with van der Waals surface area (Å²) in [5.74, 6) is 1.01. The highest BCUT2D eigenvalue weighted by Crippen LogP contribution is 2.41. The SMILES string of the molecule is COc1cc2c(cc1OC)C(c1ccccc1)N(C(=O)NC(C)C(=O)Nc1cccc(C)c1C)CC2. The molecule has 7 nitrogen and oxygen atoms in total. The monoisotopic (exact) mass is 487 g/mol. The number of rotatable bonds is 6. The van der Waals surface area contributed by atoms with Gasteiger partial charge in [-0.1, -0.05) is 42.5 Å². The van der Waals surface area contributed by atoms with Gasteiger partial charge in [0.1, 0.15) is 6.04 Å². The number of urea groups is 1. The molecule has 2 atom stereocenters. The first-order chi connectivity index (χ1) is 17.3. The van der Waals surface area contributed by atoms with Crippen molar-refractivity contribution < 1.29 is 19.1 Å². The topological polar surface area (TPSA) is 79.9 Å². The first-order valence-corrected chi connectivity index (χ1v) is 12.1. The van der Waals surface area contributed by atoms with Crippen LogP contribution < -0.4 is 20.1 Å². The lowest BCUT2D eigenvalue weighted by molar-refractivity contribution is -0.117. The molecule has 0 saturated carbocycles. The Balaban J connectivity index is 1.59. The minimum atomic E-state index is -0.722. The number of ether oxygens (including phenoxy) is 2. The van der Waals surface area contributed by atoms with Crippen molar-refractivity contribution in [2.24, 2.45) is 0 Å². The molecule has 3 aromatic carbocycles. The number of benzene rings is 3. The summed E-state index contributed by atoms with van der Waals surface area (Å²) in [6, 6.07) is 18.2. The Labute approximate surface area is 212 Å². The summed E-state index contributed by atoms with van der Waals surface area (Å²) in [5, 5.41) is 5.85. The Morgan fingerprint density at radius 1 is 0.972 bits per heavy atom. The van der Waals surface area contributed by atoms with Gasteiger partial charge in [-0.05, 0) is 73.2 Å².